The molecule has 0 aromatic heterocycles. The smallest absolute Gasteiger partial charge is 0.125 e. The molecule has 0 aliphatic rings. The second-order valence-corrected chi connectivity index (χ2v) is 4.79. The van der Waals surface area contributed by atoms with Crippen LogP contribution in [-0.2, 0) is 0 Å². The van der Waals surface area contributed by atoms with Gasteiger partial charge in [-0.25, -0.2) is 0 Å². The van der Waals surface area contributed by atoms with E-state index in [1.165, 1.54) is 0 Å². The number of halogens is 1. The van der Waals surface area contributed by atoms with Crippen LogP contribution in [0.15, 0.2) is 18.2 Å². The van der Waals surface area contributed by atoms with Crippen molar-refractivity contribution >= 4 is 11.6 Å². The van der Waals surface area contributed by atoms with Gasteiger partial charge < -0.3 is 10.1 Å². The lowest BCUT2D eigenvalue weighted by Crippen LogP contribution is -2.22. The van der Waals surface area contributed by atoms with Crippen LogP contribution in [0.2, 0.25) is 5.02 Å². The van der Waals surface area contributed by atoms with Gasteiger partial charge >= 0.3 is 0 Å². The Kier molecular flexibility index (Phi) is 7.40. The highest BCUT2D eigenvalue weighted by Gasteiger charge is 2.15. The van der Waals surface area contributed by atoms with Crippen LogP contribution in [0, 0.1) is 11.8 Å². The van der Waals surface area contributed by atoms with Gasteiger partial charge in [-0.2, -0.15) is 0 Å². The Labute approximate surface area is 121 Å². The minimum absolute atomic E-state index is 0.257. The van der Waals surface area contributed by atoms with Gasteiger partial charge in [-0.3, -0.25) is 0 Å². The van der Waals surface area contributed by atoms with E-state index in [0.29, 0.717) is 5.02 Å². The maximum atomic E-state index is 6.01. The Balaban J connectivity index is 2.90. The highest BCUT2D eigenvalue weighted by atomic mass is 35.5. The number of benzene rings is 1. The summed E-state index contributed by atoms with van der Waals surface area (Å²) < 4.78 is 5.43. The molecule has 0 bridgehead atoms. The lowest BCUT2D eigenvalue weighted by molar-refractivity contribution is 0.395. The van der Waals surface area contributed by atoms with Crippen LogP contribution in [-0.4, -0.2) is 13.7 Å². The zero-order valence-electron chi connectivity index (χ0n) is 11.9. The van der Waals surface area contributed by atoms with Crippen molar-refractivity contribution in [1.29, 1.82) is 0 Å². The van der Waals surface area contributed by atoms with Gasteiger partial charge in [0.05, 0.1) is 7.11 Å². The van der Waals surface area contributed by atoms with Crippen LogP contribution in [0.25, 0.3) is 0 Å². The molecule has 0 fully saturated rings. The van der Waals surface area contributed by atoms with Crippen LogP contribution >= 0.6 is 11.6 Å². The average molecular weight is 280 g/mol. The van der Waals surface area contributed by atoms with Gasteiger partial charge in [0.2, 0.25) is 0 Å². The van der Waals surface area contributed by atoms with E-state index in [1.807, 2.05) is 25.1 Å². The first-order valence-electron chi connectivity index (χ1n) is 6.69. The Hall–Kier alpha value is -1.17. The molecule has 1 N–H and O–H groups in total. The van der Waals surface area contributed by atoms with Crippen molar-refractivity contribution in [2.24, 2.45) is 0 Å². The first kappa shape index (κ1) is 15.9. The third kappa shape index (κ3) is 5.14. The lowest BCUT2D eigenvalue weighted by Gasteiger charge is -2.20. The van der Waals surface area contributed by atoms with Crippen molar-refractivity contribution in [2.75, 3.05) is 13.7 Å². The second kappa shape index (κ2) is 8.85. The maximum absolute atomic E-state index is 6.01. The van der Waals surface area contributed by atoms with E-state index >= 15 is 0 Å². The zero-order valence-corrected chi connectivity index (χ0v) is 12.7. The minimum Gasteiger partial charge on any atom is -0.496 e. The number of nitrogens with one attached hydrogen (secondary N) is 1. The van der Waals surface area contributed by atoms with Crippen molar-refractivity contribution in [3.8, 4) is 17.6 Å². The first-order chi connectivity index (χ1) is 9.22. The molecule has 0 heterocycles. The van der Waals surface area contributed by atoms with Crippen molar-refractivity contribution in [3.63, 3.8) is 0 Å². The second-order valence-electron chi connectivity index (χ2n) is 4.36. The van der Waals surface area contributed by atoms with E-state index in [1.54, 1.807) is 7.11 Å². The normalized spacial score (nSPS) is 11.6. The van der Waals surface area contributed by atoms with E-state index in [-0.39, 0.29) is 6.04 Å². The third-order valence-corrected chi connectivity index (χ3v) is 3.18. The summed E-state index contributed by atoms with van der Waals surface area (Å²) in [6.07, 6.45) is 2.95. The van der Waals surface area contributed by atoms with E-state index in [4.69, 9.17) is 16.3 Å². The molecule has 2 nitrogen and oxygen atoms in total. The fraction of sp³-hybridized carbons (Fsp3) is 0.500. The van der Waals surface area contributed by atoms with Gasteiger partial charge in [0.25, 0.3) is 0 Å². The Morgan fingerprint density at radius 1 is 1.42 bits per heavy atom. The Morgan fingerprint density at radius 3 is 2.84 bits per heavy atom. The van der Waals surface area contributed by atoms with Gasteiger partial charge in [-0.1, -0.05) is 24.6 Å². The van der Waals surface area contributed by atoms with Gasteiger partial charge in [0, 0.05) is 23.0 Å². The number of hydrogen-bond acceptors (Lipinski definition) is 2. The number of hydrogen-bond donors (Lipinski definition) is 1. The van der Waals surface area contributed by atoms with E-state index in [9.17, 15) is 0 Å². The molecule has 0 aliphatic carbocycles. The van der Waals surface area contributed by atoms with Crippen LogP contribution in [0.5, 0.6) is 5.75 Å². The maximum Gasteiger partial charge on any atom is 0.125 e. The molecule has 1 aromatic carbocycles. The topological polar surface area (TPSA) is 21.3 Å². The number of methoxy groups -OCH3 is 1. The minimum atomic E-state index is 0.257. The van der Waals surface area contributed by atoms with E-state index in [2.05, 4.69) is 24.1 Å². The predicted molar refractivity (Wildman–Crippen MR) is 81.7 cm³/mol. The van der Waals surface area contributed by atoms with Crippen LogP contribution in [0.1, 0.15) is 44.7 Å². The van der Waals surface area contributed by atoms with Gasteiger partial charge in [0.1, 0.15) is 5.75 Å². The van der Waals surface area contributed by atoms with Crippen LogP contribution in [0.4, 0.5) is 0 Å². The molecule has 0 amide bonds. The molecule has 0 aliphatic heterocycles. The molecule has 0 radical (unpaired) electrons. The van der Waals surface area contributed by atoms with Gasteiger partial charge in [-0.05, 0) is 38.4 Å². The summed E-state index contributed by atoms with van der Waals surface area (Å²) in [7, 11) is 1.68. The molecule has 1 aromatic rings. The number of rotatable bonds is 7. The Morgan fingerprint density at radius 2 is 2.21 bits per heavy atom. The average Bonchev–Trinajstić information content (AvgIpc) is 2.43. The van der Waals surface area contributed by atoms with Crippen molar-refractivity contribution in [2.45, 2.75) is 39.2 Å². The quantitative estimate of drug-likeness (QED) is 0.756. The highest BCUT2D eigenvalue weighted by Crippen LogP contribution is 2.30. The molecule has 0 spiro atoms. The zero-order chi connectivity index (χ0) is 14.1. The monoisotopic (exact) mass is 279 g/mol. The fourth-order valence-electron chi connectivity index (χ4n) is 2.00. The first-order valence-corrected chi connectivity index (χ1v) is 7.07. The molecule has 104 valence electrons. The third-order valence-electron chi connectivity index (χ3n) is 2.95. The van der Waals surface area contributed by atoms with Gasteiger partial charge in [0.15, 0.2) is 0 Å². The van der Waals surface area contributed by atoms with E-state index in [0.717, 1.165) is 37.1 Å². The molecule has 1 unspecified atom stereocenters. The molecule has 0 saturated heterocycles. The highest BCUT2D eigenvalue weighted by molar-refractivity contribution is 6.30. The van der Waals surface area contributed by atoms with Gasteiger partial charge in [-0.15, -0.1) is 11.8 Å². The summed E-state index contributed by atoms with van der Waals surface area (Å²) in [5.41, 5.74) is 1.15. The predicted octanol–water partition coefficient (Wildman–Crippen LogP) is 4.19. The summed E-state index contributed by atoms with van der Waals surface area (Å²) in [6.45, 7) is 5.02. The van der Waals surface area contributed by atoms with Crippen molar-refractivity contribution < 1.29 is 4.74 Å². The van der Waals surface area contributed by atoms with Crippen molar-refractivity contribution in [1.82, 2.24) is 5.32 Å². The molecular formula is C16H22ClNO. The summed E-state index contributed by atoms with van der Waals surface area (Å²) >= 11 is 6.01. The molecular weight excluding hydrogens is 258 g/mol. The van der Waals surface area contributed by atoms with E-state index < -0.39 is 0 Å². The molecule has 3 heteroatoms. The standard InChI is InChI=1S/C16H22ClNO/c1-4-6-7-8-15(18-11-5-2)14-10-9-13(17)12-16(14)19-3/h9-10,12,15,18H,5,7-8,11H2,1-3H3. The summed E-state index contributed by atoms with van der Waals surface area (Å²) in [5.74, 6) is 6.89. The van der Waals surface area contributed by atoms with Crippen LogP contribution in [0.3, 0.4) is 0 Å². The lowest BCUT2D eigenvalue weighted by atomic mass is 10.0. The SMILES string of the molecule is CC#CCCC(NCCC)c1ccc(Cl)cc1OC. The molecule has 0 saturated carbocycles. The molecule has 19 heavy (non-hydrogen) atoms. The van der Waals surface area contributed by atoms with Crippen molar-refractivity contribution in [3.05, 3.63) is 28.8 Å². The molecule has 1 atom stereocenters. The summed E-state index contributed by atoms with van der Waals surface area (Å²) in [5, 5.41) is 4.25. The number of ether oxygens (including phenoxy) is 1. The fourth-order valence-corrected chi connectivity index (χ4v) is 2.16. The molecule has 1 rings (SSSR count). The van der Waals surface area contributed by atoms with Crippen LogP contribution < -0.4 is 10.1 Å². The largest absolute Gasteiger partial charge is 0.496 e. The Bertz CT molecular complexity index is 448. The summed E-state index contributed by atoms with van der Waals surface area (Å²) in [6, 6.07) is 6.07. The summed E-state index contributed by atoms with van der Waals surface area (Å²) in [4.78, 5) is 0.